The number of hydrogen-bond acceptors (Lipinski definition) is 3. The number of hydrogen-bond donors (Lipinski definition) is 1. The first-order chi connectivity index (χ1) is 5.57. The maximum atomic E-state index is 10.9. The number of carbonyl (C=O) groups is 1. The number of aliphatic hydroxyl groups is 1. The molecule has 1 N–H and O–H groups in total. The molecule has 4 heteroatoms. The minimum absolute atomic E-state index is 0.221. The third-order valence-corrected chi connectivity index (χ3v) is 1.58. The standard InChI is InChI=1S/C8H13ClO3/c1-6(5-9)8(11)12-4-3-7(2)10/h5,7,10H,3-4H2,1-2H3/b6-5+. The first-order valence-electron chi connectivity index (χ1n) is 3.70. The van der Waals surface area contributed by atoms with E-state index in [0.29, 0.717) is 12.0 Å². The molecule has 12 heavy (non-hydrogen) atoms. The van der Waals surface area contributed by atoms with Crippen molar-refractivity contribution < 1.29 is 14.6 Å². The lowest BCUT2D eigenvalue weighted by Crippen LogP contribution is -2.11. The lowest BCUT2D eigenvalue weighted by Gasteiger charge is -2.05. The van der Waals surface area contributed by atoms with E-state index in [1.165, 1.54) is 5.54 Å². The third kappa shape index (κ3) is 5.16. The van der Waals surface area contributed by atoms with Gasteiger partial charge in [0.05, 0.1) is 12.7 Å². The van der Waals surface area contributed by atoms with Crippen LogP contribution in [0.1, 0.15) is 20.3 Å². The summed E-state index contributed by atoms with van der Waals surface area (Å²) in [5.74, 6) is -0.439. The fourth-order valence-electron chi connectivity index (χ4n) is 0.481. The van der Waals surface area contributed by atoms with Crippen molar-refractivity contribution in [2.24, 2.45) is 0 Å². The van der Waals surface area contributed by atoms with Crippen LogP contribution in [0.3, 0.4) is 0 Å². The second-order valence-electron chi connectivity index (χ2n) is 2.57. The van der Waals surface area contributed by atoms with Gasteiger partial charge in [-0.2, -0.15) is 0 Å². The van der Waals surface area contributed by atoms with Crippen molar-refractivity contribution in [3.63, 3.8) is 0 Å². The fraction of sp³-hybridized carbons (Fsp3) is 0.625. The second kappa shape index (κ2) is 6.03. The monoisotopic (exact) mass is 192 g/mol. The highest BCUT2D eigenvalue weighted by Gasteiger charge is 2.05. The Morgan fingerprint density at radius 1 is 1.75 bits per heavy atom. The minimum Gasteiger partial charge on any atom is -0.462 e. The molecule has 0 aliphatic heterocycles. The summed E-state index contributed by atoms with van der Waals surface area (Å²) in [6.07, 6.45) is -0.000476. The van der Waals surface area contributed by atoms with Gasteiger partial charge in [-0.3, -0.25) is 0 Å². The van der Waals surface area contributed by atoms with Crippen LogP contribution in [0.25, 0.3) is 0 Å². The summed E-state index contributed by atoms with van der Waals surface area (Å²) in [6.45, 7) is 3.42. The molecule has 0 bridgehead atoms. The molecule has 0 aromatic carbocycles. The molecular weight excluding hydrogens is 180 g/mol. The summed E-state index contributed by atoms with van der Waals surface area (Å²) >= 11 is 5.28. The van der Waals surface area contributed by atoms with Gasteiger partial charge < -0.3 is 9.84 Å². The van der Waals surface area contributed by atoms with Gasteiger partial charge >= 0.3 is 5.97 Å². The van der Waals surface area contributed by atoms with E-state index in [4.69, 9.17) is 21.4 Å². The van der Waals surface area contributed by atoms with Crippen LogP contribution in [0.4, 0.5) is 0 Å². The molecule has 1 atom stereocenters. The van der Waals surface area contributed by atoms with Crippen molar-refractivity contribution in [1.82, 2.24) is 0 Å². The van der Waals surface area contributed by atoms with Crippen LogP contribution in [0.2, 0.25) is 0 Å². The molecule has 0 amide bonds. The summed E-state index contributed by atoms with van der Waals surface area (Å²) in [7, 11) is 0. The first-order valence-corrected chi connectivity index (χ1v) is 4.13. The highest BCUT2D eigenvalue weighted by atomic mass is 35.5. The number of halogens is 1. The number of aliphatic hydroxyl groups excluding tert-OH is 1. The average Bonchev–Trinajstić information content (AvgIpc) is 2.02. The average molecular weight is 193 g/mol. The second-order valence-corrected chi connectivity index (χ2v) is 2.78. The minimum atomic E-state index is -0.446. The van der Waals surface area contributed by atoms with E-state index in [-0.39, 0.29) is 6.61 Å². The number of esters is 1. The van der Waals surface area contributed by atoms with E-state index in [1.807, 2.05) is 0 Å². The maximum absolute atomic E-state index is 10.9. The van der Waals surface area contributed by atoms with Gasteiger partial charge in [0, 0.05) is 17.5 Å². The van der Waals surface area contributed by atoms with E-state index < -0.39 is 12.1 Å². The number of ether oxygens (including phenoxy) is 1. The normalized spacial score (nSPS) is 14.2. The quantitative estimate of drug-likeness (QED) is 0.542. The Morgan fingerprint density at radius 3 is 2.75 bits per heavy atom. The Morgan fingerprint density at radius 2 is 2.33 bits per heavy atom. The molecule has 0 rings (SSSR count). The van der Waals surface area contributed by atoms with Gasteiger partial charge in [0.25, 0.3) is 0 Å². The topological polar surface area (TPSA) is 46.5 Å². The lowest BCUT2D eigenvalue weighted by molar-refractivity contribution is -0.139. The zero-order valence-corrected chi connectivity index (χ0v) is 7.97. The van der Waals surface area contributed by atoms with Gasteiger partial charge in [0.1, 0.15) is 0 Å². The Hall–Kier alpha value is -0.540. The van der Waals surface area contributed by atoms with Crippen LogP contribution in [-0.4, -0.2) is 23.8 Å². The van der Waals surface area contributed by atoms with Crippen LogP contribution in [0.5, 0.6) is 0 Å². The van der Waals surface area contributed by atoms with E-state index >= 15 is 0 Å². The molecule has 70 valence electrons. The largest absolute Gasteiger partial charge is 0.462 e. The van der Waals surface area contributed by atoms with Crippen LogP contribution >= 0.6 is 11.6 Å². The van der Waals surface area contributed by atoms with Crippen LogP contribution in [0.15, 0.2) is 11.1 Å². The van der Waals surface area contributed by atoms with E-state index in [2.05, 4.69) is 0 Å². The molecule has 0 aliphatic rings. The molecule has 0 radical (unpaired) electrons. The predicted octanol–water partition coefficient (Wildman–Crippen LogP) is 1.44. The highest BCUT2D eigenvalue weighted by Crippen LogP contribution is 2.00. The molecule has 0 fully saturated rings. The molecular formula is C8H13ClO3. The van der Waals surface area contributed by atoms with Gasteiger partial charge in [-0.1, -0.05) is 11.6 Å². The van der Waals surface area contributed by atoms with Gasteiger partial charge in [0.2, 0.25) is 0 Å². The fourth-order valence-corrected chi connectivity index (χ4v) is 0.570. The third-order valence-electron chi connectivity index (χ3n) is 1.25. The van der Waals surface area contributed by atoms with Gasteiger partial charge in [-0.25, -0.2) is 4.79 Å². The van der Waals surface area contributed by atoms with Crippen LogP contribution < -0.4 is 0 Å². The van der Waals surface area contributed by atoms with Crippen molar-refractivity contribution in [1.29, 1.82) is 0 Å². The molecule has 0 saturated carbocycles. The van der Waals surface area contributed by atoms with Gasteiger partial charge in [-0.15, -0.1) is 0 Å². The lowest BCUT2D eigenvalue weighted by atomic mass is 10.3. The Kier molecular flexibility index (Phi) is 5.76. The van der Waals surface area contributed by atoms with Crippen molar-refractivity contribution in [2.45, 2.75) is 26.4 Å². The summed E-state index contributed by atoms with van der Waals surface area (Å²) in [4.78, 5) is 10.9. The van der Waals surface area contributed by atoms with E-state index in [1.54, 1.807) is 13.8 Å². The number of rotatable bonds is 4. The van der Waals surface area contributed by atoms with Crippen molar-refractivity contribution in [3.05, 3.63) is 11.1 Å². The summed E-state index contributed by atoms with van der Waals surface area (Å²) in [5, 5.41) is 8.83. The molecule has 0 heterocycles. The van der Waals surface area contributed by atoms with Crippen LogP contribution in [-0.2, 0) is 9.53 Å². The zero-order chi connectivity index (χ0) is 9.56. The van der Waals surface area contributed by atoms with Gasteiger partial charge in [0.15, 0.2) is 0 Å². The molecule has 0 spiro atoms. The first kappa shape index (κ1) is 11.5. The Bertz CT molecular complexity index is 175. The van der Waals surface area contributed by atoms with Crippen molar-refractivity contribution >= 4 is 17.6 Å². The van der Waals surface area contributed by atoms with E-state index in [9.17, 15) is 4.79 Å². The maximum Gasteiger partial charge on any atom is 0.334 e. The van der Waals surface area contributed by atoms with E-state index in [0.717, 1.165) is 0 Å². The van der Waals surface area contributed by atoms with Crippen LogP contribution in [0, 0.1) is 0 Å². The van der Waals surface area contributed by atoms with Crippen molar-refractivity contribution in [2.75, 3.05) is 6.61 Å². The molecule has 0 saturated heterocycles. The van der Waals surface area contributed by atoms with Gasteiger partial charge in [-0.05, 0) is 13.8 Å². The summed E-state index contributed by atoms with van der Waals surface area (Å²) in [6, 6.07) is 0. The molecule has 1 unspecified atom stereocenters. The molecule has 0 aromatic rings. The SMILES string of the molecule is C/C(=C\Cl)C(=O)OCCC(C)O. The zero-order valence-electron chi connectivity index (χ0n) is 7.21. The molecule has 3 nitrogen and oxygen atoms in total. The number of carbonyl (C=O) groups excluding carboxylic acids is 1. The Balaban J connectivity index is 3.58. The summed E-state index contributed by atoms with van der Waals surface area (Å²) < 4.78 is 4.75. The highest BCUT2D eigenvalue weighted by molar-refractivity contribution is 6.27. The Labute approximate surface area is 77.0 Å². The smallest absolute Gasteiger partial charge is 0.334 e. The van der Waals surface area contributed by atoms with Crippen molar-refractivity contribution in [3.8, 4) is 0 Å². The summed E-state index contributed by atoms with van der Waals surface area (Å²) in [5.41, 5.74) is 1.53. The molecule has 0 aromatic heterocycles. The predicted molar refractivity (Wildman–Crippen MR) is 46.9 cm³/mol. The molecule has 0 aliphatic carbocycles.